The minimum absolute atomic E-state index is 0.00433. The van der Waals surface area contributed by atoms with Crippen LogP contribution in [0.2, 0.25) is 0 Å². The number of fused-ring (bicyclic) bond motifs is 1. The van der Waals surface area contributed by atoms with Gasteiger partial charge in [-0.05, 0) is 65.9 Å². The van der Waals surface area contributed by atoms with Crippen LogP contribution >= 0.6 is 0 Å². The van der Waals surface area contributed by atoms with E-state index in [0.29, 0.717) is 5.56 Å². The van der Waals surface area contributed by atoms with Crippen LogP contribution < -0.4 is 5.32 Å². The van der Waals surface area contributed by atoms with Gasteiger partial charge in [-0.15, -0.1) is 0 Å². The number of aryl methyl sites for hydroxylation is 1. The number of aromatic nitrogens is 1. The van der Waals surface area contributed by atoms with E-state index in [1.165, 1.54) is 22.3 Å². The fourth-order valence-corrected chi connectivity index (χ4v) is 4.70. The van der Waals surface area contributed by atoms with Crippen molar-refractivity contribution in [2.75, 3.05) is 0 Å². The zero-order valence-corrected chi connectivity index (χ0v) is 20.2. The third kappa shape index (κ3) is 5.04. The lowest BCUT2D eigenvalue weighted by Crippen LogP contribution is -2.28. The number of rotatable bonds is 7. The minimum atomic E-state index is -0.0405. The highest BCUT2D eigenvalue weighted by molar-refractivity contribution is 5.98. The van der Waals surface area contributed by atoms with Gasteiger partial charge in [0.05, 0.1) is 6.04 Å². The van der Waals surface area contributed by atoms with Crippen molar-refractivity contribution in [1.29, 1.82) is 0 Å². The van der Waals surface area contributed by atoms with Gasteiger partial charge in [-0.3, -0.25) is 4.79 Å². The summed E-state index contributed by atoms with van der Waals surface area (Å²) in [5, 5.41) is 4.26. The van der Waals surface area contributed by atoms with Crippen LogP contribution in [0.1, 0.15) is 46.4 Å². The van der Waals surface area contributed by atoms with Crippen LogP contribution in [0.25, 0.3) is 22.0 Å². The summed E-state index contributed by atoms with van der Waals surface area (Å²) in [5.41, 5.74) is 7.91. The summed E-state index contributed by atoms with van der Waals surface area (Å²) in [6.07, 6.45) is 2.94. The van der Waals surface area contributed by atoms with Gasteiger partial charge in [0.25, 0.3) is 5.91 Å². The second-order valence-corrected chi connectivity index (χ2v) is 9.13. The van der Waals surface area contributed by atoms with Crippen LogP contribution in [0.3, 0.4) is 0 Å². The topological polar surface area (TPSA) is 34.0 Å². The quantitative estimate of drug-likeness (QED) is 0.268. The van der Waals surface area contributed by atoms with Crippen LogP contribution in [0.5, 0.6) is 0 Å². The number of carbonyl (C=O) groups excluding carboxylic acids is 1. The van der Waals surface area contributed by atoms with Crippen molar-refractivity contribution < 1.29 is 4.79 Å². The normalized spacial score (nSPS) is 11.9. The monoisotopic (exact) mass is 458 g/mol. The predicted molar refractivity (Wildman–Crippen MR) is 145 cm³/mol. The lowest BCUT2D eigenvalue weighted by molar-refractivity contribution is 0.0935. The van der Waals surface area contributed by atoms with E-state index in [1.54, 1.807) is 0 Å². The van der Waals surface area contributed by atoms with Gasteiger partial charge in [-0.25, -0.2) is 0 Å². The minimum Gasteiger partial charge on any atom is -0.345 e. The second kappa shape index (κ2) is 10.0. The molecular formula is C32H30N2O. The summed E-state index contributed by atoms with van der Waals surface area (Å²) in [6, 6.07) is 35.5. The summed E-state index contributed by atoms with van der Waals surface area (Å²) in [7, 11) is 0. The van der Waals surface area contributed by atoms with Gasteiger partial charge in [-0.1, -0.05) is 85.3 Å². The maximum absolute atomic E-state index is 13.0. The molecule has 0 spiro atoms. The van der Waals surface area contributed by atoms with Gasteiger partial charge in [0.2, 0.25) is 0 Å². The van der Waals surface area contributed by atoms with Crippen LogP contribution in [0.15, 0.2) is 109 Å². The van der Waals surface area contributed by atoms with Crippen LogP contribution in [0, 0.1) is 6.92 Å². The highest BCUT2D eigenvalue weighted by atomic mass is 16.1. The summed E-state index contributed by atoms with van der Waals surface area (Å²) >= 11 is 0. The molecule has 0 aliphatic carbocycles. The molecule has 1 aromatic heterocycles. The lowest BCUT2D eigenvalue weighted by Gasteiger charge is -2.17. The SMILES string of the molecule is CCC(NC(=O)c1ccc2c(ccn2Cc2cccc(-c3cccc(C)c3)c2)c1)c1ccccc1. The highest BCUT2D eigenvalue weighted by Crippen LogP contribution is 2.24. The fraction of sp³-hybridized carbons (Fsp3) is 0.156. The van der Waals surface area contributed by atoms with E-state index < -0.39 is 0 Å². The Bertz CT molecular complexity index is 1470. The van der Waals surface area contributed by atoms with Crippen LogP contribution in [0.4, 0.5) is 0 Å². The first-order chi connectivity index (χ1) is 17.1. The molecule has 0 aliphatic heterocycles. The Morgan fingerprint density at radius 3 is 2.37 bits per heavy atom. The van der Waals surface area contributed by atoms with Crippen molar-refractivity contribution in [3.8, 4) is 11.1 Å². The molecule has 0 aliphatic rings. The molecule has 174 valence electrons. The number of amides is 1. The molecule has 1 amide bonds. The van der Waals surface area contributed by atoms with E-state index in [1.807, 2.05) is 30.3 Å². The smallest absolute Gasteiger partial charge is 0.251 e. The molecule has 4 aromatic carbocycles. The fourth-order valence-electron chi connectivity index (χ4n) is 4.70. The lowest BCUT2D eigenvalue weighted by atomic mass is 10.0. The molecule has 0 radical (unpaired) electrons. The zero-order chi connectivity index (χ0) is 24.2. The van der Waals surface area contributed by atoms with E-state index in [9.17, 15) is 4.79 Å². The van der Waals surface area contributed by atoms with Crippen LogP contribution in [-0.4, -0.2) is 10.5 Å². The average Bonchev–Trinajstić information content (AvgIpc) is 3.29. The van der Waals surface area contributed by atoms with Crippen molar-refractivity contribution in [1.82, 2.24) is 9.88 Å². The Hall–Kier alpha value is -4.11. The van der Waals surface area contributed by atoms with Gasteiger partial charge >= 0.3 is 0 Å². The predicted octanol–water partition coefficient (Wildman–Crippen LogP) is 7.55. The molecule has 3 nitrogen and oxygen atoms in total. The number of benzene rings is 4. The van der Waals surface area contributed by atoms with E-state index in [2.05, 4.69) is 103 Å². The number of hydrogen-bond acceptors (Lipinski definition) is 1. The largest absolute Gasteiger partial charge is 0.345 e. The van der Waals surface area contributed by atoms with Gasteiger partial charge in [0, 0.05) is 29.2 Å². The third-order valence-electron chi connectivity index (χ3n) is 6.58. The molecular weight excluding hydrogens is 428 g/mol. The molecule has 0 saturated heterocycles. The molecule has 1 N–H and O–H groups in total. The maximum Gasteiger partial charge on any atom is 0.251 e. The molecule has 1 unspecified atom stereocenters. The van der Waals surface area contributed by atoms with Crippen molar-refractivity contribution >= 4 is 16.8 Å². The van der Waals surface area contributed by atoms with Gasteiger partial charge in [-0.2, -0.15) is 0 Å². The zero-order valence-electron chi connectivity index (χ0n) is 20.2. The average molecular weight is 459 g/mol. The van der Waals surface area contributed by atoms with Crippen molar-refractivity contribution in [3.63, 3.8) is 0 Å². The first-order valence-corrected chi connectivity index (χ1v) is 12.2. The maximum atomic E-state index is 13.0. The summed E-state index contributed by atoms with van der Waals surface area (Å²) in [6.45, 7) is 4.99. The summed E-state index contributed by atoms with van der Waals surface area (Å²) < 4.78 is 2.24. The molecule has 3 heteroatoms. The molecule has 0 bridgehead atoms. The molecule has 5 aromatic rings. The first kappa shape index (κ1) is 22.7. The van der Waals surface area contributed by atoms with Crippen molar-refractivity contribution in [3.05, 3.63) is 132 Å². The second-order valence-electron chi connectivity index (χ2n) is 9.13. The summed E-state index contributed by atoms with van der Waals surface area (Å²) in [5.74, 6) is -0.0405. The van der Waals surface area contributed by atoms with Crippen LogP contribution in [-0.2, 0) is 6.54 Å². The summed E-state index contributed by atoms with van der Waals surface area (Å²) in [4.78, 5) is 13.0. The van der Waals surface area contributed by atoms with Gasteiger partial charge < -0.3 is 9.88 Å². The molecule has 0 saturated carbocycles. The molecule has 1 heterocycles. The molecule has 5 rings (SSSR count). The number of carbonyl (C=O) groups is 1. The van der Waals surface area contributed by atoms with E-state index >= 15 is 0 Å². The Kier molecular flexibility index (Phi) is 6.49. The van der Waals surface area contributed by atoms with Crippen molar-refractivity contribution in [2.45, 2.75) is 32.9 Å². The van der Waals surface area contributed by atoms with E-state index in [0.717, 1.165) is 29.4 Å². The number of nitrogens with zero attached hydrogens (tertiary/aromatic N) is 1. The van der Waals surface area contributed by atoms with Gasteiger partial charge in [0.1, 0.15) is 0 Å². The Labute approximate surface area is 207 Å². The van der Waals surface area contributed by atoms with Gasteiger partial charge in [0.15, 0.2) is 0 Å². The highest BCUT2D eigenvalue weighted by Gasteiger charge is 2.15. The number of nitrogens with one attached hydrogen (secondary N) is 1. The Balaban J connectivity index is 1.35. The molecule has 35 heavy (non-hydrogen) atoms. The Morgan fingerprint density at radius 2 is 1.60 bits per heavy atom. The number of hydrogen-bond donors (Lipinski definition) is 1. The third-order valence-corrected chi connectivity index (χ3v) is 6.58. The first-order valence-electron chi connectivity index (χ1n) is 12.2. The van der Waals surface area contributed by atoms with E-state index in [4.69, 9.17) is 0 Å². The van der Waals surface area contributed by atoms with E-state index in [-0.39, 0.29) is 11.9 Å². The standard InChI is InChI=1S/C32H30N2O/c1-3-30(25-11-5-4-6-12-25)33-32(35)29-15-16-31-28(21-29)17-18-34(31)22-24-10-8-14-27(20-24)26-13-7-9-23(2)19-26/h4-21,30H,3,22H2,1-2H3,(H,33,35). The molecule has 1 atom stereocenters. The Morgan fingerprint density at radius 1 is 0.829 bits per heavy atom. The van der Waals surface area contributed by atoms with Crippen molar-refractivity contribution in [2.24, 2.45) is 0 Å². The molecule has 0 fully saturated rings.